The van der Waals surface area contributed by atoms with E-state index in [2.05, 4.69) is 0 Å². The van der Waals surface area contributed by atoms with Crippen LogP contribution in [0.5, 0.6) is 11.5 Å². The van der Waals surface area contributed by atoms with Gasteiger partial charge in [-0.2, -0.15) is 0 Å². The van der Waals surface area contributed by atoms with Crippen molar-refractivity contribution in [3.63, 3.8) is 0 Å². The second kappa shape index (κ2) is 8.49. The smallest absolute Gasteiger partial charge is 0.303 e. The number of aliphatic carboxylic acids is 1. The van der Waals surface area contributed by atoms with Gasteiger partial charge in [0.1, 0.15) is 5.82 Å². The maximum Gasteiger partial charge on any atom is 0.303 e. The molecule has 1 aromatic rings. The fraction of sp³-hybridized carbons (Fsp3) is 0.562. The van der Waals surface area contributed by atoms with Gasteiger partial charge in [-0.3, -0.25) is 4.79 Å². The molecule has 4 nitrogen and oxygen atoms in total. The summed E-state index contributed by atoms with van der Waals surface area (Å²) < 4.78 is 25.1. The largest absolute Gasteiger partial charge is 0.490 e. The number of hydrogen-bond acceptors (Lipinski definition) is 3. The molecule has 118 valence electrons. The molecule has 0 saturated heterocycles. The zero-order valence-corrected chi connectivity index (χ0v) is 12.8. The topological polar surface area (TPSA) is 55.8 Å². The van der Waals surface area contributed by atoms with Crippen LogP contribution >= 0.6 is 0 Å². The highest BCUT2D eigenvalue weighted by Crippen LogP contribution is 2.36. The fourth-order valence-corrected chi connectivity index (χ4v) is 2.33. The summed E-state index contributed by atoms with van der Waals surface area (Å²) >= 11 is 0. The molecule has 21 heavy (non-hydrogen) atoms. The van der Waals surface area contributed by atoms with Crippen molar-refractivity contribution < 1.29 is 23.8 Å². The molecule has 1 N–H and O–H groups in total. The Bertz CT molecular complexity index is 474. The maximum atomic E-state index is 14.3. The number of carbonyl (C=O) groups is 1. The monoisotopic (exact) mass is 298 g/mol. The first-order valence-corrected chi connectivity index (χ1v) is 7.34. The first kappa shape index (κ1) is 17.3. The Balaban J connectivity index is 3.19. The van der Waals surface area contributed by atoms with E-state index in [4.69, 9.17) is 14.6 Å². The highest BCUT2D eigenvalue weighted by atomic mass is 19.1. The zero-order chi connectivity index (χ0) is 15.8. The van der Waals surface area contributed by atoms with Gasteiger partial charge >= 0.3 is 5.97 Å². The number of benzene rings is 1. The first-order valence-electron chi connectivity index (χ1n) is 7.34. The van der Waals surface area contributed by atoms with Crippen molar-refractivity contribution in [2.75, 3.05) is 13.2 Å². The van der Waals surface area contributed by atoms with Crippen LogP contribution in [0.1, 0.15) is 51.5 Å². The molecule has 0 amide bonds. The summed E-state index contributed by atoms with van der Waals surface area (Å²) in [7, 11) is 0. The van der Waals surface area contributed by atoms with E-state index in [1.807, 2.05) is 20.8 Å². The number of rotatable bonds is 9. The van der Waals surface area contributed by atoms with E-state index in [0.29, 0.717) is 36.7 Å². The van der Waals surface area contributed by atoms with Crippen molar-refractivity contribution in [2.45, 2.75) is 46.0 Å². The number of hydrogen-bond donors (Lipinski definition) is 1. The minimum absolute atomic E-state index is 0.0929. The molecule has 1 unspecified atom stereocenters. The van der Waals surface area contributed by atoms with E-state index in [9.17, 15) is 9.18 Å². The summed E-state index contributed by atoms with van der Waals surface area (Å²) in [4.78, 5) is 11.0. The molecule has 1 aromatic carbocycles. The van der Waals surface area contributed by atoms with Crippen molar-refractivity contribution in [3.05, 3.63) is 23.5 Å². The van der Waals surface area contributed by atoms with Crippen molar-refractivity contribution >= 4 is 5.97 Å². The molecule has 0 bridgehead atoms. The van der Waals surface area contributed by atoms with Gasteiger partial charge in [-0.25, -0.2) is 4.39 Å². The molecule has 0 fully saturated rings. The molecule has 0 aliphatic carbocycles. The summed E-state index contributed by atoms with van der Waals surface area (Å²) in [6.45, 7) is 6.44. The van der Waals surface area contributed by atoms with Crippen LogP contribution in [0, 0.1) is 5.82 Å². The van der Waals surface area contributed by atoms with Gasteiger partial charge in [0.25, 0.3) is 0 Å². The van der Waals surface area contributed by atoms with Crippen LogP contribution in [0.15, 0.2) is 12.1 Å². The number of ether oxygens (including phenoxy) is 2. The molecule has 1 atom stereocenters. The van der Waals surface area contributed by atoms with E-state index >= 15 is 0 Å². The van der Waals surface area contributed by atoms with Crippen LogP contribution < -0.4 is 9.47 Å². The fourth-order valence-electron chi connectivity index (χ4n) is 2.33. The average molecular weight is 298 g/mol. The summed E-state index contributed by atoms with van der Waals surface area (Å²) in [6, 6.07) is 2.86. The van der Waals surface area contributed by atoms with Crippen LogP contribution in [0.2, 0.25) is 0 Å². The van der Waals surface area contributed by atoms with Crippen LogP contribution in [-0.4, -0.2) is 24.3 Å². The Hall–Kier alpha value is -1.78. The van der Waals surface area contributed by atoms with E-state index in [0.717, 1.165) is 6.42 Å². The molecule has 0 aromatic heterocycles. The Labute approximate surface area is 124 Å². The first-order chi connectivity index (χ1) is 10.0. The van der Waals surface area contributed by atoms with Gasteiger partial charge in [0.15, 0.2) is 11.5 Å². The quantitative estimate of drug-likeness (QED) is 0.749. The normalized spacial score (nSPS) is 12.0. The Morgan fingerprint density at radius 3 is 2.24 bits per heavy atom. The van der Waals surface area contributed by atoms with Crippen molar-refractivity contribution in [1.82, 2.24) is 0 Å². The lowest BCUT2D eigenvalue weighted by atomic mass is 9.90. The van der Waals surface area contributed by atoms with Gasteiger partial charge in [0.05, 0.1) is 19.6 Å². The van der Waals surface area contributed by atoms with Gasteiger partial charge in [0, 0.05) is 6.07 Å². The Kier molecular flexibility index (Phi) is 6.99. The van der Waals surface area contributed by atoms with Gasteiger partial charge in [-0.1, -0.05) is 13.3 Å². The summed E-state index contributed by atoms with van der Waals surface area (Å²) in [6.07, 6.45) is 1.31. The van der Waals surface area contributed by atoms with Crippen molar-refractivity contribution in [3.8, 4) is 11.5 Å². The lowest BCUT2D eigenvalue weighted by molar-refractivity contribution is -0.137. The third-order valence-electron chi connectivity index (χ3n) is 3.16. The van der Waals surface area contributed by atoms with Crippen molar-refractivity contribution in [2.24, 2.45) is 0 Å². The molecule has 0 saturated carbocycles. The SMILES string of the molecule is CCCC(CC(=O)O)c1cc(OCC)c(OCC)cc1F. The van der Waals surface area contributed by atoms with E-state index in [1.165, 1.54) is 6.07 Å². The molecule has 5 heteroatoms. The summed E-state index contributed by atoms with van der Waals surface area (Å²) in [5, 5.41) is 9.00. The van der Waals surface area contributed by atoms with Crippen LogP contribution in [-0.2, 0) is 4.79 Å². The number of carboxylic acids is 1. The van der Waals surface area contributed by atoms with E-state index in [-0.39, 0.29) is 12.3 Å². The second-order valence-electron chi connectivity index (χ2n) is 4.77. The highest BCUT2D eigenvalue weighted by Gasteiger charge is 2.21. The lowest BCUT2D eigenvalue weighted by Crippen LogP contribution is -2.09. The van der Waals surface area contributed by atoms with Crippen LogP contribution in [0.25, 0.3) is 0 Å². The van der Waals surface area contributed by atoms with Gasteiger partial charge < -0.3 is 14.6 Å². The minimum Gasteiger partial charge on any atom is -0.490 e. The summed E-state index contributed by atoms with van der Waals surface area (Å²) in [5.41, 5.74) is 0.381. The highest BCUT2D eigenvalue weighted by molar-refractivity contribution is 5.68. The number of halogens is 1. The van der Waals surface area contributed by atoms with Gasteiger partial charge in [-0.05, 0) is 37.8 Å². The Morgan fingerprint density at radius 2 is 1.76 bits per heavy atom. The molecule has 0 aliphatic rings. The van der Waals surface area contributed by atoms with Gasteiger partial charge in [-0.15, -0.1) is 0 Å². The summed E-state index contributed by atoms with van der Waals surface area (Å²) in [5.74, 6) is -0.919. The maximum absolute atomic E-state index is 14.3. The molecule has 0 aliphatic heterocycles. The standard InChI is InChI=1S/C16H23FO4/c1-4-7-11(8-16(18)19)12-9-14(20-5-2)15(21-6-3)10-13(12)17/h9-11H,4-8H2,1-3H3,(H,18,19). The zero-order valence-electron chi connectivity index (χ0n) is 12.8. The van der Waals surface area contributed by atoms with E-state index in [1.54, 1.807) is 6.07 Å². The van der Waals surface area contributed by atoms with E-state index < -0.39 is 11.8 Å². The molecule has 0 spiro atoms. The van der Waals surface area contributed by atoms with Crippen LogP contribution in [0.4, 0.5) is 4.39 Å². The predicted molar refractivity (Wildman–Crippen MR) is 78.6 cm³/mol. The van der Waals surface area contributed by atoms with Crippen LogP contribution in [0.3, 0.4) is 0 Å². The predicted octanol–water partition coefficient (Wildman–Crippen LogP) is 3.98. The molecule has 0 heterocycles. The molecule has 0 radical (unpaired) electrons. The van der Waals surface area contributed by atoms with Gasteiger partial charge in [0.2, 0.25) is 0 Å². The molecule has 1 rings (SSSR count). The van der Waals surface area contributed by atoms with Crippen molar-refractivity contribution in [1.29, 1.82) is 0 Å². The average Bonchev–Trinajstić information content (AvgIpc) is 2.41. The Morgan fingerprint density at radius 1 is 1.19 bits per heavy atom. The molecular formula is C16H23FO4. The third kappa shape index (κ3) is 4.92. The number of carboxylic acid groups (broad SMARTS) is 1. The second-order valence-corrected chi connectivity index (χ2v) is 4.77. The lowest BCUT2D eigenvalue weighted by Gasteiger charge is -2.18. The third-order valence-corrected chi connectivity index (χ3v) is 3.16. The molecular weight excluding hydrogens is 275 g/mol. The minimum atomic E-state index is -0.931.